The molecule has 9 heteroatoms. The van der Waals surface area contributed by atoms with Gasteiger partial charge in [-0.25, -0.2) is 14.4 Å². The highest BCUT2D eigenvalue weighted by Crippen LogP contribution is 2.15. The van der Waals surface area contributed by atoms with Crippen LogP contribution in [0.25, 0.3) is 5.70 Å². The van der Waals surface area contributed by atoms with E-state index in [1.165, 1.54) is 18.4 Å². The van der Waals surface area contributed by atoms with Gasteiger partial charge in [0.25, 0.3) is 0 Å². The first kappa shape index (κ1) is 19.7. The molecule has 0 amide bonds. The lowest BCUT2D eigenvalue weighted by Crippen LogP contribution is -2.15. The Bertz CT molecular complexity index is 887. The largest absolute Gasteiger partial charge is 0.396 e. The maximum absolute atomic E-state index is 13.8. The van der Waals surface area contributed by atoms with Crippen molar-refractivity contribution in [2.24, 2.45) is 21.5 Å². The van der Waals surface area contributed by atoms with Crippen molar-refractivity contribution in [3.63, 3.8) is 0 Å². The number of allylic oxidation sites excluding steroid dienone is 1. The third-order valence-electron chi connectivity index (χ3n) is 3.38. The summed E-state index contributed by atoms with van der Waals surface area (Å²) in [4.78, 5) is 18.8. The van der Waals surface area contributed by atoms with Crippen LogP contribution in [0.15, 0.2) is 68.7 Å². The molecular formula is C18H19FN6O2. The number of aliphatic imine (C=N–C) groups is 2. The number of Topliss-reactive ketones (excluding diaryl/α,β-unsaturated/α-hetero) is 1. The van der Waals surface area contributed by atoms with Crippen LogP contribution < -0.4 is 16.8 Å². The molecule has 0 saturated carbocycles. The van der Waals surface area contributed by atoms with Crippen molar-refractivity contribution in [2.45, 2.75) is 6.54 Å². The smallest absolute Gasteiger partial charge is 0.187 e. The number of rotatable bonds is 9. The lowest BCUT2D eigenvalue weighted by atomic mass is 10.2. The predicted molar refractivity (Wildman–Crippen MR) is 101 cm³/mol. The summed E-state index contributed by atoms with van der Waals surface area (Å²) in [6.45, 7) is 3.39. The molecule has 0 aliphatic carbocycles. The molecule has 0 aliphatic heterocycles. The Kier molecular flexibility index (Phi) is 7.15. The second-order valence-corrected chi connectivity index (χ2v) is 5.25. The summed E-state index contributed by atoms with van der Waals surface area (Å²) in [6.07, 6.45) is 3.90. The highest BCUT2D eigenvalue weighted by atomic mass is 19.1. The van der Waals surface area contributed by atoms with Crippen LogP contribution in [0.3, 0.4) is 0 Å². The summed E-state index contributed by atoms with van der Waals surface area (Å²) in [5.74, 6) is -0.695. The Morgan fingerprint density at radius 1 is 1.37 bits per heavy atom. The van der Waals surface area contributed by atoms with Crippen molar-refractivity contribution >= 4 is 24.4 Å². The van der Waals surface area contributed by atoms with Gasteiger partial charge in [-0.2, -0.15) is 0 Å². The zero-order valence-corrected chi connectivity index (χ0v) is 14.4. The number of nitrogens with two attached hydrogens (primary N) is 2. The maximum Gasteiger partial charge on any atom is 0.187 e. The van der Waals surface area contributed by atoms with Crippen molar-refractivity contribution in [3.8, 4) is 0 Å². The number of carbonyl (C=O) groups is 1. The number of ketones is 1. The van der Waals surface area contributed by atoms with Crippen molar-refractivity contribution < 1.29 is 13.7 Å². The first-order valence-electron chi connectivity index (χ1n) is 7.88. The van der Waals surface area contributed by atoms with E-state index in [1.807, 2.05) is 0 Å². The van der Waals surface area contributed by atoms with Crippen LogP contribution in [0.1, 0.15) is 11.3 Å². The van der Waals surface area contributed by atoms with E-state index in [2.05, 4.69) is 27.2 Å². The van der Waals surface area contributed by atoms with Crippen LogP contribution in [-0.4, -0.2) is 30.4 Å². The van der Waals surface area contributed by atoms with Gasteiger partial charge in [-0.1, -0.05) is 23.4 Å². The Balaban J connectivity index is 2.31. The van der Waals surface area contributed by atoms with Gasteiger partial charge < -0.3 is 21.3 Å². The average Bonchev–Trinajstić information content (AvgIpc) is 3.21. The molecule has 8 nitrogen and oxygen atoms in total. The molecule has 2 aromatic rings. The van der Waals surface area contributed by atoms with E-state index in [-0.39, 0.29) is 36.2 Å². The summed E-state index contributed by atoms with van der Waals surface area (Å²) < 4.78 is 18.7. The van der Waals surface area contributed by atoms with Crippen LogP contribution in [0.5, 0.6) is 0 Å². The number of hydrogen-bond acceptors (Lipinski definition) is 8. The SMILES string of the molecule is C=NC(/N=C\C(=O)CN)=C(N)/C=C(\NCc1ccccc1F)c1ccon1. The number of carbonyl (C=O) groups excluding carboxylic acids is 1. The molecule has 0 unspecified atom stereocenters. The molecule has 27 heavy (non-hydrogen) atoms. The zero-order chi connectivity index (χ0) is 19.6. The molecule has 140 valence electrons. The molecule has 1 heterocycles. The van der Waals surface area contributed by atoms with Crippen LogP contribution in [0.4, 0.5) is 4.39 Å². The van der Waals surface area contributed by atoms with E-state index >= 15 is 0 Å². The monoisotopic (exact) mass is 370 g/mol. The van der Waals surface area contributed by atoms with E-state index < -0.39 is 0 Å². The van der Waals surface area contributed by atoms with Gasteiger partial charge in [0, 0.05) is 18.2 Å². The molecule has 5 N–H and O–H groups in total. The minimum absolute atomic E-state index is 0.0329. The average molecular weight is 370 g/mol. The second-order valence-electron chi connectivity index (χ2n) is 5.25. The van der Waals surface area contributed by atoms with Crippen LogP contribution in [0.2, 0.25) is 0 Å². The van der Waals surface area contributed by atoms with Gasteiger partial charge in [0.2, 0.25) is 0 Å². The summed E-state index contributed by atoms with van der Waals surface area (Å²) in [5, 5.41) is 6.89. The highest BCUT2D eigenvalue weighted by Gasteiger charge is 2.09. The highest BCUT2D eigenvalue weighted by molar-refractivity contribution is 6.28. The predicted octanol–water partition coefficient (Wildman–Crippen LogP) is 1.37. The standard InChI is InChI=1S/C18H19FN6O2/c1-22-18(24-11-13(26)9-20)15(21)8-17(16-6-7-27-25-16)23-10-12-4-2-3-5-14(12)19/h2-8,11,23H,1,9-10,20-21H2/b17-8-,18-15+,24-11-. The quantitative estimate of drug-likeness (QED) is 0.451. The molecule has 0 saturated heterocycles. The van der Waals surface area contributed by atoms with Crippen LogP contribution in [-0.2, 0) is 11.3 Å². The summed E-state index contributed by atoms with van der Waals surface area (Å²) in [6, 6.07) is 7.97. The zero-order valence-electron chi connectivity index (χ0n) is 14.4. The van der Waals surface area contributed by atoms with E-state index in [0.717, 1.165) is 6.21 Å². The van der Waals surface area contributed by atoms with Crippen molar-refractivity contribution in [3.05, 3.63) is 71.3 Å². The van der Waals surface area contributed by atoms with Gasteiger partial charge in [0.1, 0.15) is 17.8 Å². The van der Waals surface area contributed by atoms with Crippen LogP contribution in [0, 0.1) is 5.82 Å². The summed E-state index contributed by atoms with van der Waals surface area (Å²) in [5.41, 5.74) is 12.7. The number of benzene rings is 1. The molecular weight excluding hydrogens is 351 g/mol. The molecule has 0 radical (unpaired) electrons. The number of nitrogens with one attached hydrogen (secondary N) is 1. The Morgan fingerprint density at radius 2 is 2.15 bits per heavy atom. The Hall–Kier alpha value is -3.59. The topological polar surface area (TPSA) is 132 Å². The fraction of sp³-hybridized carbons (Fsp3) is 0.111. The lowest BCUT2D eigenvalue weighted by molar-refractivity contribution is -0.111. The van der Waals surface area contributed by atoms with Crippen LogP contribution >= 0.6 is 0 Å². The van der Waals surface area contributed by atoms with Gasteiger partial charge in [-0.15, -0.1) is 0 Å². The Morgan fingerprint density at radius 3 is 2.78 bits per heavy atom. The number of nitrogens with zero attached hydrogens (tertiary/aromatic N) is 3. The van der Waals surface area contributed by atoms with Gasteiger partial charge in [-0.3, -0.25) is 4.79 Å². The first-order valence-corrected chi connectivity index (χ1v) is 7.88. The molecule has 0 atom stereocenters. The molecule has 1 aromatic carbocycles. The minimum atomic E-state index is -0.387. The van der Waals surface area contributed by atoms with E-state index in [0.29, 0.717) is 17.0 Å². The normalized spacial score (nSPS) is 12.7. The number of halogens is 1. The molecule has 0 aliphatic rings. The summed E-state index contributed by atoms with van der Waals surface area (Å²) >= 11 is 0. The second kappa shape index (κ2) is 9.78. The fourth-order valence-electron chi connectivity index (χ4n) is 2.01. The fourth-order valence-corrected chi connectivity index (χ4v) is 2.01. The van der Waals surface area contributed by atoms with E-state index in [1.54, 1.807) is 24.3 Å². The van der Waals surface area contributed by atoms with Gasteiger partial charge >= 0.3 is 0 Å². The minimum Gasteiger partial charge on any atom is -0.396 e. The lowest BCUT2D eigenvalue weighted by Gasteiger charge is -2.10. The third kappa shape index (κ3) is 5.72. The van der Waals surface area contributed by atoms with Gasteiger partial charge in [0.15, 0.2) is 11.6 Å². The molecule has 0 bridgehead atoms. The third-order valence-corrected chi connectivity index (χ3v) is 3.38. The van der Waals surface area contributed by atoms with E-state index in [9.17, 15) is 9.18 Å². The van der Waals surface area contributed by atoms with Crippen molar-refractivity contribution in [2.75, 3.05) is 6.54 Å². The number of aromatic nitrogens is 1. The van der Waals surface area contributed by atoms with Gasteiger partial charge in [-0.05, 0) is 18.9 Å². The summed E-state index contributed by atoms with van der Waals surface area (Å²) in [7, 11) is 0. The van der Waals surface area contributed by atoms with Crippen molar-refractivity contribution in [1.82, 2.24) is 10.5 Å². The Labute approximate surface area is 155 Å². The molecule has 0 fully saturated rings. The molecule has 0 spiro atoms. The van der Waals surface area contributed by atoms with E-state index in [4.69, 9.17) is 16.0 Å². The maximum atomic E-state index is 13.8. The first-order chi connectivity index (χ1) is 13.0. The van der Waals surface area contributed by atoms with Gasteiger partial charge in [0.05, 0.1) is 24.2 Å². The van der Waals surface area contributed by atoms with Crippen molar-refractivity contribution in [1.29, 1.82) is 0 Å². The number of hydrogen-bond donors (Lipinski definition) is 3. The molecule has 2 rings (SSSR count). The molecule has 1 aromatic heterocycles.